The molecule has 17 heavy (non-hydrogen) atoms. The summed E-state index contributed by atoms with van der Waals surface area (Å²) in [6, 6.07) is -1.00. The molecule has 1 saturated heterocycles. The van der Waals surface area contributed by atoms with Crippen LogP contribution in [-0.4, -0.2) is 54.1 Å². The molecule has 3 N–H and O–H groups in total. The van der Waals surface area contributed by atoms with E-state index in [1.165, 1.54) is 6.92 Å². The van der Waals surface area contributed by atoms with Crippen LogP contribution in [0.15, 0.2) is 0 Å². The van der Waals surface area contributed by atoms with E-state index in [0.717, 1.165) is 4.31 Å². The van der Waals surface area contributed by atoms with Gasteiger partial charge < -0.3 is 10.2 Å². The molecule has 1 fully saturated rings. The van der Waals surface area contributed by atoms with Crippen LogP contribution < -0.4 is 4.72 Å². The molecule has 2 atom stereocenters. The fraction of sp³-hybridized carbons (Fsp3) is 0.889. The maximum absolute atomic E-state index is 11.8. The zero-order valence-electron chi connectivity index (χ0n) is 9.66. The number of rotatable bonds is 5. The molecule has 1 heterocycles. The summed E-state index contributed by atoms with van der Waals surface area (Å²) >= 11 is 0. The van der Waals surface area contributed by atoms with Gasteiger partial charge >= 0.3 is 5.97 Å². The number of hydrogen-bond acceptors (Lipinski definition) is 4. The first-order valence-corrected chi connectivity index (χ1v) is 6.96. The van der Waals surface area contributed by atoms with Crippen LogP contribution in [0.1, 0.15) is 26.2 Å². The van der Waals surface area contributed by atoms with Gasteiger partial charge in [0.05, 0.1) is 6.10 Å². The van der Waals surface area contributed by atoms with Crippen molar-refractivity contribution in [1.82, 2.24) is 9.03 Å². The number of nitrogens with one attached hydrogen (secondary N) is 1. The fourth-order valence-corrected chi connectivity index (χ4v) is 3.27. The van der Waals surface area contributed by atoms with Gasteiger partial charge in [-0.2, -0.15) is 17.4 Å². The summed E-state index contributed by atoms with van der Waals surface area (Å²) < 4.78 is 26.8. The maximum Gasteiger partial charge on any atom is 0.322 e. The number of aliphatic carboxylic acids is 1. The quantitative estimate of drug-likeness (QED) is 0.600. The number of nitrogens with zero attached hydrogens (tertiary/aromatic N) is 1. The number of carbonyl (C=O) groups is 1. The Balaban J connectivity index is 2.76. The van der Waals surface area contributed by atoms with Gasteiger partial charge in [-0.05, 0) is 26.2 Å². The molecule has 2 unspecified atom stereocenters. The topological polar surface area (TPSA) is 107 Å². The molecule has 1 aliphatic rings. The Hall–Kier alpha value is -0.700. The van der Waals surface area contributed by atoms with Crippen LogP contribution in [0.4, 0.5) is 0 Å². The zero-order valence-corrected chi connectivity index (χ0v) is 10.5. The standard InChI is InChI=1S/C9H18N2O5S/c1-7(12)6-10-17(15,16)11-5-3-2-4-8(11)9(13)14/h7-8,10,12H,2-6H2,1H3,(H,13,14). The molecule has 0 aromatic carbocycles. The predicted molar refractivity (Wildman–Crippen MR) is 60.6 cm³/mol. The second-order valence-electron chi connectivity index (χ2n) is 4.16. The highest BCUT2D eigenvalue weighted by molar-refractivity contribution is 7.87. The highest BCUT2D eigenvalue weighted by Crippen LogP contribution is 2.19. The summed E-state index contributed by atoms with van der Waals surface area (Å²) in [7, 11) is -3.83. The average Bonchev–Trinajstić information content (AvgIpc) is 2.26. The summed E-state index contributed by atoms with van der Waals surface area (Å²) in [4.78, 5) is 11.0. The van der Waals surface area contributed by atoms with Crippen molar-refractivity contribution in [2.24, 2.45) is 0 Å². The van der Waals surface area contributed by atoms with Crippen LogP contribution in [0, 0.1) is 0 Å². The lowest BCUT2D eigenvalue weighted by Crippen LogP contribution is -2.52. The number of hydrogen-bond donors (Lipinski definition) is 3. The van der Waals surface area contributed by atoms with Gasteiger partial charge in [0.2, 0.25) is 0 Å². The molecule has 0 saturated carbocycles. The SMILES string of the molecule is CC(O)CNS(=O)(=O)N1CCCCC1C(=O)O. The minimum Gasteiger partial charge on any atom is -0.480 e. The van der Waals surface area contributed by atoms with E-state index < -0.39 is 28.3 Å². The fourth-order valence-electron chi connectivity index (χ4n) is 1.75. The van der Waals surface area contributed by atoms with Crippen molar-refractivity contribution in [2.45, 2.75) is 38.3 Å². The summed E-state index contributed by atoms with van der Waals surface area (Å²) in [5, 5.41) is 18.0. The Morgan fingerprint density at radius 2 is 2.18 bits per heavy atom. The van der Waals surface area contributed by atoms with Gasteiger partial charge in [-0.25, -0.2) is 0 Å². The Morgan fingerprint density at radius 3 is 2.71 bits per heavy atom. The Bertz CT molecular complexity index is 368. The third kappa shape index (κ3) is 3.91. The van der Waals surface area contributed by atoms with Crippen molar-refractivity contribution in [3.05, 3.63) is 0 Å². The molecule has 0 aliphatic carbocycles. The van der Waals surface area contributed by atoms with Crippen LogP contribution in [0.25, 0.3) is 0 Å². The monoisotopic (exact) mass is 266 g/mol. The molecule has 1 rings (SSSR count). The molecule has 0 radical (unpaired) electrons. The molecule has 0 spiro atoms. The van der Waals surface area contributed by atoms with Crippen molar-refractivity contribution < 1.29 is 23.4 Å². The molecular weight excluding hydrogens is 248 g/mol. The van der Waals surface area contributed by atoms with Crippen LogP contribution in [-0.2, 0) is 15.0 Å². The lowest BCUT2D eigenvalue weighted by molar-refractivity contribution is -0.142. The van der Waals surface area contributed by atoms with Gasteiger partial charge in [0.15, 0.2) is 0 Å². The van der Waals surface area contributed by atoms with E-state index in [9.17, 15) is 13.2 Å². The first kappa shape index (κ1) is 14.4. The maximum atomic E-state index is 11.8. The van der Waals surface area contributed by atoms with E-state index in [1.54, 1.807) is 0 Å². The van der Waals surface area contributed by atoms with E-state index in [1.807, 2.05) is 0 Å². The third-order valence-electron chi connectivity index (χ3n) is 2.61. The van der Waals surface area contributed by atoms with E-state index in [2.05, 4.69) is 4.72 Å². The molecule has 7 nitrogen and oxygen atoms in total. The normalized spacial score (nSPS) is 24.5. The van der Waals surface area contributed by atoms with Crippen molar-refractivity contribution in [3.8, 4) is 0 Å². The number of carboxylic acid groups (broad SMARTS) is 1. The van der Waals surface area contributed by atoms with Crippen molar-refractivity contribution in [3.63, 3.8) is 0 Å². The van der Waals surface area contributed by atoms with E-state index in [-0.39, 0.29) is 13.1 Å². The molecular formula is C9H18N2O5S. The summed E-state index contributed by atoms with van der Waals surface area (Å²) in [6.07, 6.45) is 0.877. The highest BCUT2D eigenvalue weighted by atomic mass is 32.2. The van der Waals surface area contributed by atoms with Gasteiger partial charge in [0.1, 0.15) is 6.04 Å². The molecule has 8 heteroatoms. The zero-order chi connectivity index (χ0) is 13.1. The van der Waals surface area contributed by atoms with Gasteiger partial charge in [-0.15, -0.1) is 0 Å². The summed E-state index contributed by atoms with van der Waals surface area (Å²) in [5.41, 5.74) is 0. The summed E-state index contributed by atoms with van der Waals surface area (Å²) in [5.74, 6) is -1.13. The highest BCUT2D eigenvalue weighted by Gasteiger charge is 2.36. The lowest BCUT2D eigenvalue weighted by Gasteiger charge is -2.31. The molecule has 0 aromatic heterocycles. The smallest absolute Gasteiger partial charge is 0.322 e. The van der Waals surface area contributed by atoms with Crippen LogP contribution in [0.3, 0.4) is 0 Å². The van der Waals surface area contributed by atoms with Crippen LogP contribution >= 0.6 is 0 Å². The molecule has 100 valence electrons. The van der Waals surface area contributed by atoms with Crippen LogP contribution in [0.2, 0.25) is 0 Å². The number of carboxylic acids is 1. The van der Waals surface area contributed by atoms with E-state index >= 15 is 0 Å². The minimum absolute atomic E-state index is 0.120. The van der Waals surface area contributed by atoms with Crippen LogP contribution in [0.5, 0.6) is 0 Å². The van der Waals surface area contributed by atoms with Gasteiger partial charge in [-0.3, -0.25) is 4.79 Å². The predicted octanol–water partition coefficient (Wildman–Crippen LogP) is -0.859. The van der Waals surface area contributed by atoms with Crippen molar-refractivity contribution in [2.75, 3.05) is 13.1 Å². The Kier molecular flexibility index (Phi) is 4.87. The number of piperidine rings is 1. The average molecular weight is 266 g/mol. The first-order chi connectivity index (χ1) is 7.84. The van der Waals surface area contributed by atoms with Gasteiger partial charge in [0, 0.05) is 13.1 Å². The van der Waals surface area contributed by atoms with Gasteiger partial charge in [0.25, 0.3) is 10.2 Å². The Morgan fingerprint density at radius 1 is 1.53 bits per heavy atom. The molecule has 0 aromatic rings. The van der Waals surface area contributed by atoms with E-state index in [4.69, 9.17) is 10.2 Å². The lowest BCUT2D eigenvalue weighted by atomic mass is 10.1. The minimum atomic E-state index is -3.83. The largest absolute Gasteiger partial charge is 0.480 e. The molecule has 1 aliphatic heterocycles. The molecule has 0 amide bonds. The first-order valence-electron chi connectivity index (χ1n) is 5.52. The van der Waals surface area contributed by atoms with E-state index in [0.29, 0.717) is 19.3 Å². The van der Waals surface area contributed by atoms with Crippen molar-refractivity contribution in [1.29, 1.82) is 0 Å². The third-order valence-corrected chi connectivity index (χ3v) is 4.19. The summed E-state index contributed by atoms with van der Waals surface area (Å²) in [6.45, 7) is 1.53. The van der Waals surface area contributed by atoms with Crippen molar-refractivity contribution >= 4 is 16.2 Å². The molecule has 0 bridgehead atoms. The van der Waals surface area contributed by atoms with Gasteiger partial charge in [-0.1, -0.05) is 0 Å². The second kappa shape index (κ2) is 5.76. The number of aliphatic hydroxyl groups is 1. The Labute approximate surface area is 101 Å². The number of aliphatic hydroxyl groups excluding tert-OH is 1. The second-order valence-corrected chi connectivity index (χ2v) is 5.87.